The Morgan fingerprint density at radius 1 is 1.22 bits per heavy atom. The smallest absolute Gasteiger partial charge is 0.343 e. The van der Waals surface area contributed by atoms with Crippen molar-refractivity contribution < 1.29 is 18.4 Å². The van der Waals surface area contributed by atoms with Crippen LogP contribution in [-0.4, -0.2) is 79.7 Å². The molecule has 3 N–H and O–H groups in total. The van der Waals surface area contributed by atoms with E-state index in [2.05, 4.69) is 24.1 Å². The van der Waals surface area contributed by atoms with Gasteiger partial charge in [-0.3, -0.25) is 4.98 Å². The molecule has 1 aliphatic rings. The van der Waals surface area contributed by atoms with Gasteiger partial charge in [0, 0.05) is 50.1 Å². The molecule has 0 atom stereocenters. The summed E-state index contributed by atoms with van der Waals surface area (Å²) in [6.07, 6.45) is 1.05. The number of likely N-dealkylation sites (N-methyl/N-ethyl adjacent to an activating group) is 2. The fourth-order valence-electron chi connectivity index (χ4n) is 4.76. The van der Waals surface area contributed by atoms with Gasteiger partial charge in [-0.05, 0) is 53.1 Å². The number of ether oxygens (including phenoxy) is 2. The van der Waals surface area contributed by atoms with E-state index in [1.807, 2.05) is 54.9 Å². The molecule has 1 aliphatic heterocycles. The topological polar surface area (TPSA) is 122 Å². The number of nitrogens with two attached hydrogens (primary N) is 1. The first-order valence-electron chi connectivity index (χ1n) is 15.0. The average Bonchev–Trinajstić information content (AvgIpc) is 3.17. The van der Waals surface area contributed by atoms with Crippen LogP contribution in [0.5, 0.6) is 5.75 Å². The average molecular weight is 566 g/mol. The highest BCUT2D eigenvalue weighted by molar-refractivity contribution is 5.96. The summed E-state index contributed by atoms with van der Waals surface area (Å²) < 4.78 is 34.2. The molecule has 3 heterocycles. The van der Waals surface area contributed by atoms with Crippen LogP contribution < -0.4 is 25.6 Å². The molecule has 3 aromatic rings. The normalized spacial score (nSPS) is 15.3. The largest absolute Gasteiger partial charge is 0.494 e. The highest BCUT2D eigenvalue weighted by Crippen LogP contribution is 2.44. The third kappa shape index (κ3) is 6.45. The number of methoxy groups -OCH3 is 1. The van der Waals surface area contributed by atoms with Gasteiger partial charge < -0.3 is 35.2 Å². The number of hydrogen-bond acceptors (Lipinski definition) is 11. The van der Waals surface area contributed by atoms with Crippen molar-refractivity contribution >= 4 is 40.5 Å². The van der Waals surface area contributed by atoms with Gasteiger partial charge in [0.1, 0.15) is 11.3 Å². The number of carbonyl (C=O) groups excluding carboxylic acids is 1. The van der Waals surface area contributed by atoms with Crippen LogP contribution in [0, 0.1) is 6.92 Å². The number of esters is 1. The van der Waals surface area contributed by atoms with Gasteiger partial charge in [-0.25, -0.2) is 9.78 Å². The molecule has 1 aromatic carbocycles. The second-order valence-electron chi connectivity index (χ2n) is 11.5. The first-order valence-corrected chi connectivity index (χ1v) is 13.5. The number of carbonyl (C=O) groups is 1. The Morgan fingerprint density at radius 3 is 2.66 bits per heavy atom. The summed E-state index contributed by atoms with van der Waals surface area (Å²) in [7, 11) is 3.08. The lowest BCUT2D eigenvalue weighted by atomic mass is 9.91. The second kappa shape index (κ2) is 11.8. The van der Waals surface area contributed by atoms with Crippen LogP contribution in [0.3, 0.4) is 0 Å². The maximum atomic E-state index is 13.2. The summed E-state index contributed by atoms with van der Waals surface area (Å²) in [5.74, 6) is -0.0757. The van der Waals surface area contributed by atoms with Crippen molar-refractivity contribution in [2.24, 2.45) is 0 Å². The molecule has 11 nitrogen and oxygen atoms in total. The van der Waals surface area contributed by atoms with Gasteiger partial charge in [0.2, 0.25) is 5.95 Å². The number of nitrogens with one attached hydrogen (secondary N) is 1. The zero-order valence-electron chi connectivity index (χ0n) is 28.1. The highest BCUT2D eigenvalue weighted by atomic mass is 16.5. The summed E-state index contributed by atoms with van der Waals surface area (Å²) in [6, 6.07) is 7.06. The van der Waals surface area contributed by atoms with Crippen LogP contribution in [0.4, 0.5) is 34.5 Å². The molecule has 41 heavy (non-hydrogen) atoms. The van der Waals surface area contributed by atoms with Gasteiger partial charge in [-0.1, -0.05) is 13.8 Å². The molecule has 0 spiro atoms. The standard InChI is InChI=1S/C30H42N8O3/c1-18(2)41-28(39)20-16-32-29(35-27(20)38-17-30(4,5)26-23(38)11-10-19(3)33-26)34-22-14-21(31)24(15-25(22)40-9)37(8)13-12-36(6)7/h10-11,14-16,18H,12-13,17,31H2,1-9H3,(H,32,34,35)/i9D3. The second-order valence-corrected chi connectivity index (χ2v) is 11.5. The molecule has 0 aliphatic carbocycles. The van der Waals surface area contributed by atoms with Gasteiger partial charge in [0.25, 0.3) is 0 Å². The predicted octanol–water partition coefficient (Wildman–Crippen LogP) is 4.51. The number of fused-ring (bicyclic) bond motifs is 1. The summed E-state index contributed by atoms with van der Waals surface area (Å²) >= 11 is 0. The number of aromatic nitrogens is 3. The van der Waals surface area contributed by atoms with Gasteiger partial charge >= 0.3 is 5.97 Å². The van der Waals surface area contributed by atoms with E-state index in [-0.39, 0.29) is 34.5 Å². The molecule has 2 aromatic heterocycles. The summed E-state index contributed by atoms with van der Waals surface area (Å²) in [5.41, 5.74) is 10.2. The molecular formula is C30H42N8O3. The van der Waals surface area contributed by atoms with Crippen LogP contribution in [-0.2, 0) is 10.2 Å². The molecule has 11 heteroatoms. The van der Waals surface area contributed by atoms with Gasteiger partial charge in [0.15, 0.2) is 5.82 Å². The zero-order chi connectivity index (χ0) is 32.6. The van der Waals surface area contributed by atoms with Crippen LogP contribution in [0.25, 0.3) is 0 Å². The number of pyridine rings is 1. The first-order chi connectivity index (χ1) is 20.4. The maximum Gasteiger partial charge on any atom is 0.343 e. The predicted molar refractivity (Wildman–Crippen MR) is 164 cm³/mol. The lowest BCUT2D eigenvalue weighted by Crippen LogP contribution is -2.29. The van der Waals surface area contributed by atoms with Gasteiger partial charge in [-0.15, -0.1) is 0 Å². The Balaban J connectivity index is 1.79. The Labute approximate surface area is 246 Å². The van der Waals surface area contributed by atoms with E-state index in [9.17, 15) is 4.79 Å². The van der Waals surface area contributed by atoms with E-state index in [0.717, 1.165) is 23.6 Å². The molecular weight excluding hydrogens is 520 g/mol. The lowest BCUT2D eigenvalue weighted by Gasteiger charge is -2.25. The van der Waals surface area contributed by atoms with Crippen LogP contribution in [0.1, 0.15) is 53.6 Å². The summed E-state index contributed by atoms with van der Waals surface area (Å²) in [6.45, 7) is 11.6. The van der Waals surface area contributed by atoms with Crippen molar-refractivity contribution in [1.29, 1.82) is 0 Å². The lowest BCUT2D eigenvalue weighted by molar-refractivity contribution is 0.0378. The van der Waals surface area contributed by atoms with Crippen molar-refractivity contribution in [3.8, 4) is 5.75 Å². The minimum absolute atomic E-state index is 0.0478. The van der Waals surface area contributed by atoms with E-state index in [1.165, 1.54) is 6.20 Å². The fourth-order valence-corrected chi connectivity index (χ4v) is 4.76. The minimum atomic E-state index is -2.72. The quantitative estimate of drug-likeness (QED) is 0.267. The number of nitrogens with zero attached hydrogens (tertiary/aromatic N) is 6. The van der Waals surface area contributed by atoms with E-state index < -0.39 is 13.0 Å². The van der Waals surface area contributed by atoms with Gasteiger partial charge in [-0.2, -0.15) is 4.98 Å². The van der Waals surface area contributed by atoms with E-state index in [4.69, 9.17) is 29.3 Å². The van der Waals surface area contributed by atoms with E-state index in [0.29, 0.717) is 30.3 Å². The SMILES string of the molecule is [2H]C([2H])([2H])Oc1cc(N(C)CCN(C)C)c(N)cc1Nc1ncc(C(=O)OC(C)C)c(N2CC(C)(C)c3nc(C)ccc32)n1. The molecule has 0 saturated heterocycles. The molecule has 0 bridgehead atoms. The molecule has 0 unspecified atom stereocenters. The van der Waals surface area contributed by atoms with Crippen molar-refractivity contribution in [2.75, 3.05) is 68.7 Å². The minimum Gasteiger partial charge on any atom is -0.494 e. The maximum absolute atomic E-state index is 13.2. The highest BCUT2D eigenvalue weighted by Gasteiger charge is 2.39. The van der Waals surface area contributed by atoms with Crippen molar-refractivity contribution in [3.63, 3.8) is 0 Å². The molecule has 0 saturated carbocycles. The molecule has 0 radical (unpaired) electrons. The Kier molecular flexibility index (Phi) is 7.42. The van der Waals surface area contributed by atoms with Crippen LogP contribution in [0.2, 0.25) is 0 Å². The molecule has 0 fully saturated rings. The van der Waals surface area contributed by atoms with Crippen LogP contribution >= 0.6 is 0 Å². The van der Waals surface area contributed by atoms with Crippen molar-refractivity contribution in [3.05, 3.63) is 47.4 Å². The molecule has 4 rings (SSSR count). The zero-order valence-corrected chi connectivity index (χ0v) is 25.1. The fraction of sp³-hybridized carbons (Fsp3) is 0.467. The number of rotatable bonds is 10. The van der Waals surface area contributed by atoms with Crippen molar-refractivity contribution in [2.45, 2.75) is 46.1 Å². The summed E-state index contributed by atoms with van der Waals surface area (Å²) in [5, 5.41) is 3.08. The Bertz CT molecular complexity index is 1530. The number of nitrogen functional groups attached to an aromatic ring is 1. The Morgan fingerprint density at radius 2 is 1.98 bits per heavy atom. The monoisotopic (exact) mass is 565 g/mol. The van der Waals surface area contributed by atoms with E-state index >= 15 is 0 Å². The summed E-state index contributed by atoms with van der Waals surface area (Å²) in [4.78, 5) is 33.1. The third-order valence-electron chi connectivity index (χ3n) is 6.86. The van der Waals surface area contributed by atoms with E-state index in [1.54, 1.807) is 26.0 Å². The number of anilines is 6. The molecule has 220 valence electrons. The Hall–Kier alpha value is -4.12. The number of benzene rings is 1. The third-order valence-corrected chi connectivity index (χ3v) is 6.86. The van der Waals surface area contributed by atoms with Gasteiger partial charge in [0.05, 0.1) is 45.7 Å². The molecule has 0 amide bonds. The number of hydrogen-bond donors (Lipinski definition) is 2. The number of aryl methyl sites for hydroxylation is 1. The first kappa shape index (κ1) is 25.8. The van der Waals surface area contributed by atoms with Crippen molar-refractivity contribution in [1.82, 2.24) is 19.9 Å². The van der Waals surface area contributed by atoms with Crippen LogP contribution in [0.15, 0.2) is 30.5 Å².